The molecular weight excluding hydrogens is 256 g/mol. The lowest BCUT2D eigenvalue weighted by atomic mass is 10.1. The van der Waals surface area contributed by atoms with Gasteiger partial charge < -0.3 is 11.1 Å². The fourth-order valence-electron chi connectivity index (χ4n) is 1.68. The van der Waals surface area contributed by atoms with Crippen LogP contribution in [0.2, 0.25) is 0 Å². The number of nitrogens with zero attached hydrogens (tertiary/aromatic N) is 2. The maximum Gasteiger partial charge on any atom is 0.193 e. The molecule has 0 bridgehead atoms. The largest absolute Gasteiger partial charge is 0.370 e. The van der Waals surface area contributed by atoms with Gasteiger partial charge in [-0.2, -0.15) is 0 Å². The Morgan fingerprint density at radius 2 is 2.32 bits per heavy atom. The van der Waals surface area contributed by atoms with E-state index in [0.29, 0.717) is 12.5 Å². The second-order valence-corrected chi connectivity index (χ2v) is 5.21. The minimum Gasteiger partial charge on any atom is -0.370 e. The number of hydrogen-bond acceptors (Lipinski definition) is 3. The number of nitrogens with two attached hydrogens (primary N) is 1. The van der Waals surface area contributed by atoms with Crippen LogP contribution in [0, 0.1) is 6.92 Å². The molecule has 1 aromatic carbocycles. The molecule has 5 heteroatoms. The van der Waals surface area contributed by atoms with Crippen molar-refractivity contribution in [3.05, 3.63) is 45.9 Å². The molecule has 0 spiro atoms. The Balaban J connectivity index is 1.97. The summed E-state index contributed by atoms with van der Waals surface area (Å²) in [5.74, 6) is 0.418. The molecule has 1 heterocycles. The molecule has 0 unspecified atom stereocenters. The number of anilines is 1. The van der Waals surface area contributed by atoms with E-state index >= 15 is 0 Å². The molecule has 0 aliphatic carbocycles. The molecule has 100 valence electrons. The number of aromatic nitrogens is 1. The first-order valence-corrected chi connectivity index (χ1v) is 7.12. The number of aryl methyl sites for hydroxylation is 2. The average Bonchev–Trinajstić information content (AvgIpc) is 2.82. The lowest BCUT2D eigenvalue weighted by molar-refractivity contribution is 1.01. The molecule has 0 fully saturated rings. The summed E-state index contributed by atoms with van der Waals surface area (Å²) in [5.41, 5.74) is 9.13. The van der Waals surface area contributed by atoms with Gasteiger partial charge in [0.05, 0.1) is 6.54 Å². The minimum absolute atomic E-state index is 0.418. The van der Waals surface area contributed by atoms with E-state index in [2.05, 4.69) is 34.3 Å². The van der Waals surface area contributed by atoms with E-state index in [1.165, 1.54) is 5.56 Å². The van der Waals surface area contributed by atoms with Gasteiger partial charge in [0.1, 0.15) is 5.01 Å². The number of rotatable bonds is 4. The Bertz CT molecular complexity index is 574. The Kier molecular flexibility index (Phi) is 4.52. The van der Waals surface area contributed by atoms with Gasteiger partial charge in [0.25, 0.3) is 0 Å². The van der Waals surface area contributed by atoms with Crippen molar-refractivity contribution in [2.75, 3.05) is 5.32 Å². The molecule has 0 aliphatic heterocycles. The number of guanidine groups is 1. The summed E-state index contributed by atoms with van der Waals surface area (Å²) in [7, 11) is 0. The average molecular weight is 274 g/mol. The molecule has 0 radical (unpaired) electrons. The smallest absolute Gasteiger partial charge is 0.193 e. The Hall–Kier alpha value is -1.88. The van der Waals surface area contributed by atoms with Crippen LogP contribution in [0.15, 0.2) is 34.6 Å². The summed E-state index contributed by atoms with van der Waals surface area (Å²) in [6.45, 7) is 4.62. The molecule has 0 saturated carbocycles. The van der Waals surface area contributed by atoms with E-state index in [9.17, 15) is 0 Å². The van der Waals surface area contributed by atoms with E-state index in [1.807, 2.05) is 24.4 Å². The second kappa shape index (κ2) is 6.33. The molecular formula is C14H18N4S. The van der Waals surface area contributed by atoms with Crippen molar-refractivity contribution in [2.45, 2.75) is 26.8 Å². The van der Waals surface area contributed by atoms with Crippen molar-refractivity contribution in [1.29, 1.82) is 0 Å². The van der Waals surface area contributed by atoms with Crippen molar-refractivity contribution >= 4 is 23.0 Å². The van der Waals surface area contributed by atoms with Gasteiger partial charge in [-0.15, -0.1) is 11.3 Å². The molecule has 1 aromatic heterocycles. The minimum atomic E-state index is 0.418. The number of nitrogens with one attached hydrogen (secondary N) is 1. The molecule has 0 atom stereocenters. The van der Waals surface area contributed by atoms with Crippen LogP contribution >= 0.6 is 11.3 Å². The highest BCUT2D eigenvalue weighted by atomic mass is 32.1. The summed E-state index contributed by atoms with van der Waals surface area (Å²) in [4.78, 5) is 8.63. The van der Waals surface area contributed by atoms with E-state index in [-0.39, 0.29) is 0 Å². The van der Waals surface area contributed by atoms with Gasteiger partial charge in [-0.3, -0.25) is 0 Å². The predicted octanol–water partition coefficient (Wildman–Crippen LogP) is 2.94. The van der Waals surface area contributed by atoms with Crippen LogP contribution in [0.1, 0.15) is 23.2 Å². The van der Waals surface area contributed by atoms with Crippen molar-refractivity contribution in [1.82, 2.24) is 4.98 Å². The normalized spacial score (nSPS) is 11.6. The molecule has 0 saturated heterocycles. The van der Waals surface area contributed by atoms with E-state index in [4.69, 9.17) is 5.73 Å². The molecule has 4 nitrogen and oxygen atoms in total. The van der Waals surface area contributed by atoms with Gasteiger partial charge in [-0.05, 0) is 31.0 Å². The first-order chi connectivity index (χ1) is 9.17. The third-order valence-corrected chi connectivity index (χ3v) is 3.61. The van der Waals surface area contributed by atoms with Gasteiger partial charge in [-0.25, -0.2) is 9.98 Å². The summed E-state index contributed by atoms with van der Waals surface area (Å²) in [6, 6.07) is 8.17. The third-order valence-electron chi connectivity index (χ3n) is 2.66. The van der Waals surface area contributed by atoms with Crippen molar-refractivity contribution in [2.24, 2.45) is 10.7 Å². The van der Waals surface area contributed by atoms with Crippen LogP contribution < -0.4 is 11.1 Å². The summed E-state index contributed by atoms with van der Waals surface area (Å²) in [5, 5.41) is 6.09. The standard InChI is InChI=1S/C14H18N4S/c1-3-11-5-4-6-12(7-11)18-14(15)16-8-13-17-10(2)9-19-13/h4-7,9H,3,8H2,1-2H3,(H3,15,16,18). The summed E-state index contributed by atoms with van der Waals surface area (Å²) in [6.07, 6.45) is 1.00. The predicted molar refractivity (Wildman–Crippen MR) is 81.6 cm³/mol. The number of aliphatic imine (C=N–C) groups is 1. The summed E-state index contributed by atoms with van der Waals surface area (Å²) >= 11 is 1.60. The summed E-state index contributed by atoms with van der Waals surface area (Å²) < 4.78 is 0. The van der Waals surface area contributed by atoms with E-state index < -0.39 is 0 Å². The fourth-order valence-corrected chi connectivity index (χ4v) is 2.38. The Morgan fingerprint density at radius 1 is 1.47 bits per heavy atom. The van der Waals surface area contributed by atoms with Gasteiger partial charge >= 0.3 is 0 Å². The van der Waals surface area contributed by atoms with Gasteiger partial charge in [0, 0.05) is 16.8 Å². The van der Waals surface area contributed by atoms with Crippen molar-refractivity contribution < 1.29 is 0 Å². The number of hydrogen-bond donors (Lipinski definition) is 2. The number of benzene rings is 1. The third kappa shape index (κ3) is 4.06. The molecule has 3 N–H and O–H groups in total. The molecule has 0 aliphatic rings. The van der Waals surface area contributed by atoms with Gasteiger partial charge in [-0.1, -0.05) is 19.1 Å². The zero-order valence-electron chi connectivity index (χ0n) is 11.2. The lowest BCUT2D eigenvalue weighted by Crippen LogP contribution is -2.22. The molecule has 0 amide bonds. The van der Waals surface area contributed by atoms with Crippen LogP contribution in [-0.2, 0) is 13.0 Å². The number of thiazole rings is 1. The molecule has 2 rings (SSSR count). The first kappa shape index (κ1) is 13.5. The zero-order valence-corrected chi connectivity index (χ0v) is 12.0. The SMILES string of the molecule is CCc1cccc(NC(N)=NCc2nc(C)cs2)c1. The maximum atomic E-state index is 5.87. The molecule has 19 heavy (non-hydrogen) atoms. The topological polar surface area (TPSA) is 63.3 Å². The first-order valence-electron chi connectivity index (χ1n) is 6.24. The highest BCUT2D eigenvalue weighted by Crippen LogP contribution is 2.12. The van der Waals surface area contributed by atoms with Crippen LogP contribution in [0.4, 0.5) is 5.69 Å². The monoisotopic (exact) mass is 274 g/mol. The highest BCUT2D eigenvalue weighted by molar-refractivity contribution is 7.09. The van der Waals surface area contributed by atoms with E-state index in [1.54, 1.807) is 11.3 Å². The van der Waals surface area contributed by atoms with Crippen LogP contribution in [0.3, 0.4) is 0 Å². The quantitative estimate of drug-likeness (QED) is 0.665. The van der Waals surface area contributed by atoms with Crippen LogP contribution in [0.5, 0.6) is 0 Å². The van der Waals surface area contributed by atoms with E-state index in [0.717, 1.165) is 22.8 Å². The zero-order chi connectivity index (χ0) is 13.7. The van der Waals surface area contributed by atoms with Gasteiger partial charge in [0.15, 0.2) is 5.96 Å². The van der Waals surface area contributed by atoms with Crippen LogP contribution in [0.25, 0.3) is 0 Å². The molecule has 2 aromatic rings. The lowest BCUT2D eigenvalue weighted by Gasteiger charge is -2.06. The Morgan fingerprint density at radius 3 is 3.00 bits per heavy atom. The Labute approximate surface area is 117 Å². The second-order valence-electron chi connectivity index (χ2n) is 4.26. The fraction of sp³-hybridized carbons (Fsp3) is 0.286. The highest BCUT2D eigenvalue weighted by Gasteiger charge is 1.99. The van der Waals surface area contributed by atoms with Crippen molar-refractivity contribution in [3.8, 4) is 0 Å². The van der Waals surface area contributed by atoms with Gasteiger partial charge in [0.2, 0.25) is 0 Å². The van der Waals surface area contributed by atoms with Crippen molar-refractivity contribution in [3.63, 3.8) is 0 Å². The van der Waals surface area contributed by atoms with Crippen LogP contribution in [-0.4, -0.2) is 10.9 Å². The maximum absolute atomic E-state index is 5.87.